The summed E-state index contributed by atoms with van der Waals surface area (Å²) in [6, 6.07) is 0.305. The van der Waals surface area contributed by atoms with Crippen molar-refractivity contribution in [1.29, 1.82) is 0 Å². The van der Waals surface area contributed by atoms with Crippen LogP contribution in [-0.4, -0.2) is 54.1 Å². The molecule has 1 aromatic heterocycles. The number of hydrogen-bond acceptors (Lipinski definition) is 5. The third-order valence-electron chi connectivity index (χ3n) is 4.20. The number of aromatic nitrogens is 2. The summed E-state index contributed by atoms with van der Waals surface area (Å²) in [6.07, 6.45) is 2.58. The summed E-state index contributed by atoms with van der Waals surface area (Å²) in [7, 11) is 1.53. The van der Waals surface area contributed by atoms with E-state index in [4.69, 9.17) is 16.3 Å². The zero-order chi connectivity index (χ0) is 15.0. The van der Waals surface area contributed by atoms with Gasteiger partial charge in [-0.1, -0.05) is 18.5 Å². The van der Waals surface area contributed by atoms with Crippen LogP contribution in [0.15, 0.2) is 6.20 Å². The SMILES string of the molecule is COc1ncc(Cl)c(N2CCN(C(=O)[C@@H]3C[C@H]3C)CC2)n1. The van der Waals surface area contributed by atoms with Crippen LogP contribution in [0.4, 0.5) is 5.82 Å². The van der Waals surface area contributed by atoms with Crippen molar-refractivity contribution in [3.63, 3.8) is 0 Å². The van der Waals surface area contributed by atoms with E-state index in [9.17, 15) is 4.79 Å². The molecule has 2 aliphatic rings. The summed E-state index contributed by atoms with van der Waals surface area (Å²) in [5, 5.41) is 0.506. The van der Waals surface area contributed by atoms with Gasteiger partial charge < -0.3 is 14.5 Å². The quantitative estimate of drug-likeness (QED) is 0.845. The lowest BCUT2D eigenvalue weighted by Gasteiger charge is -2.35. The molecule has 6 nitrogen and oxygen atoms in total. The number of amides is 1. The smallest absolute Gasteiger partial charge is 0.318 e. The van der Waals surface area contributed by atoms with Gasteiger partial charge in [-0.2, -0.15) is 4.98 Å². The fraction of sp³-hybridized carbons (Fsp3) is 0.643. The molecule has 0 unspecified atom stereocenters. The minimum absolute atomic E-state index is 0.249. The van der Waals surface area contributed by atoms with E-state index in [1.807, 2.05) is 4.90 Å². The maximum atomic E-state index is 12.2. The predicted molar refractivity (Wildman–Crippen MR) is 79.7 cm³/mol. The van der Waals surface area contributed by atoms with E-state index in [0.29, 0.717) is 41.8 Å². The number of rotatable bonds is 3. The fourth-order valence-corrected chi connectivity index (χ4v) is 2.91. The molecule has 2 heterocycles. The molecule has 21 heavy (non-hydrogen) atoms. The van der Waals surface area contributed by atoms with E-state index in [1.165, 1.54) is 7.11 Å². The maximum Gasteiger partial charge on any atom is 0.318 e. The van der Waals surface area contributed by atoms with Gasteiger partial charge in [-0.3, -0.25) is 4.79 Å². The number of piperazine rings is 1. The van der Waals surface area contributed by atoms with Crippen molar-refractivity contribution in [3.05, 3.63) is 11.2 Å². The third-order valence-corrected chi connectivity index (χ3v) is 4.47. The van der Waals surface area contributed by atoms with E-state index in [-0.39, 0.29) is 5.92 Å². The number of anilines is 1. The second kappa shape index (κ2) is 5.67. The van der Waals surface area contributed by atoms with Crippen LogP contribution in [0.1, 0.15) is 13.3 Å². The predicted octanol–water partition coefficient (Wildman–Crippen LogP) is 1.44. The lowest BCUT2D eigenvalue weighted by Crippen LogP contribution is -2.49. The van der Waals surface area contributed by atoms with Crippen molar-refractivity contribution < 1.29 is 9.53 Å². The first-order chi connectivity index (χ1) is 10.1. The molecule has 1 aliphatic carbocycles. The Kier molecular flexibility index (Phi) is 3.89. The number of halogens is 1. The van der Waals surface area contributed by atoms with E-state index in [0.717, 1.165) is 19.5 Å². The molecule has 2 fully saturated rings. The van der Waals surface area contributed by atoms with Gasteiger partial charge in [0.25, 0.3) is 0 Å². The van der Waals surface area contributed by atoms with Gasteiger partial charge in [-0.05, 0) is 12.3 Å². The summed E-state index contributed by atoms with van der Waals surface area (Å²) in [4.78, 5) is 24.5. The van der Waals surface area contributed by atoms with Gasteiger partial charge in [-0.25, -0.2) is 4.98 Å². The second-order valence-corrected chi connectivity index (χ2v) is 6.07. The highest BCUT2D eigenvalue weighted by Crippen LogP contribution is 2.39. The van der Waals surface area contributed by atoms with Gasteiger partial charge in [0.2, 0.25) is 5.91 Å². The van der Waals surface area contributed by atoms with Crippen molar-refractivity contribution in [2.75, 3.05) is 38.2 Å². The highest BCUT2D eigenvalue weighted by molar-refractivity contribution is 6.32. The molecule has 2 atom stereocenters. The Morgan fingerprint density at radius 2 is 2.05 bits per heavy atom. The number of ether oxygens (including phenoxy) is 1. The molecule has 0 N–H and O–H groups in total. The van der Waals surface area contributed by atoms with Gasteiger partial charge in [0.05, 0.1) is 13.3 Å². The van der Waals surface area contributed by atoms with Crippen LogP contribution in [0.3, 0.4) is 0 Å². The molecule has 1 saturated carbocycles. The number of carbonyl (C=O) groups excluding carboxylic acids is 1. The van der Waals surface area contributed by atoms with Crippen molar-refractivity contribution in [1.82, 2.24) is 14.9 Å². The van der Waals surface area contributed by atoms with Crippen molar-refractivity contribution in [2.24, 2.45) is 11.8 Å². The Labute approximate surface area is 129 Å². The van der Waals surface area contributed by atoms with E-state index >= 15 is 0 Å². The summed E-state index contributed by atoms with van der Waals surface area (Å²) >= 11 is 6.16. The molecule has 1 saturated heterocycles. The number of hydrogen-bond donors (Lipinski definition) is 0. The fourth-order valence-electron chi connectivity index (χ4n) is 2.70. The Bertz CT molecular complexity index is 546. The van der Waals surface area contributed by atoms with Crippen LogP contribution < -0.4 is 9.64 Å². The van der Waals surface area contributed by atoms with Crippen LogP contribution in [0.5, 0.6) is 6.01 Å². The van der Waals surface area contributed by atoms with E-state index in [2.05, 4.69) is 21.8 Å². The standard InChI is InChI=1S/C14H19ClN4O2/c1-9-7-10(9)13(20)19-5-3-18(4-6-19)12-11(15)8-16-14(17-12)21-2/h8-10H,3-7H2,1-2H3/t9-,10-/m1/s1. The van der Waals surface area contributed by atoms with Crippen LogP contribution in [-0.2, 0) is 4.79 Å². The minimum Gasteiger partial charge on any atom is -0.467 e. The van der Waals surface area contributed by atoms with Gasteiger partial charge in [0, 0.05) is 32.1 Å². The normalized spacial score (nSPS) is 24.9. The van der Waals surface area contributed by atoms with Gasteiger partial charge in [-0.15, -0.1) is 0 Å². The van der Waals surface area contributed by atoms with Crippen molar-refractivity contribution in [2.45, 2.75) is 13.3 Å². The number of methoxy groups -OCH3 is 1. The minimum atomic E-state index is 0.249. The van der Waals surface area contributed by atoms with E-state index in [1.54, 1.807) is 6.20 Å². The Hall–Kier alpha value is -1.56. The molecular formula is C14H19ClN4O2. The molecule has 3 rings (SSSR count). The maximum absolute atomic E-state index is 12.2. The zero-order valence-electron chi connectivity index (χ0n) is 12.3. The lowest BCUT2D eigenvalue weighted by molar-refractivity contribution is -0.133. The number of nitrogens with zero attached hydrogens (tertiary/aromatic N) is 4. The Morgan fingerprint density at radius 3 is 2.62 bits per heavy atom. The first kappa shape index (κ1) is 14.4. The lowest BCUT2D eigenvalue weighted by atomic mass is 10.2. The second-order valence-electron chi connectivity index (χ2n) is 5.66. The highest BCUT2D eigenvalue weighted by atomic mass is 35.5. The Balaban J connectivity index is 1.64. The molecule has 7 heteroatoms. The van der Waals surface area contributed by atoms with Crippen LogP contribution in [0.2, 0.25) is 5.02 Å². The highest BCUT2D eigenvalue weighted by Gasteiger charge is 2.42. The summed E-state index contributed by atoms with van der Waals surface area (Å²) in [6.45, 7) is 5.01. The van der Waals surface area contributed by atoms with Gasteiger partial charge in [0.15, 0.2) is 5.82 Å². The zero-order valence-corrected chi connectivity index (χ0v) is 13.0. The average Bonchev–Trinajstić information content (AvgIpc) is 3.24. The first-order valence-electron chi connectivity index (χ1n) is 7.20. The summed E-state index contributed by atoms with van der Waals surface area (Å²) in [5.41, 5.74) is 0. The molecule has 1 aliphatic heterocycles. The molecule has 114 valence electrons. The molecule has 0 aromatic carbocycles. The van der Waals surface area contributed by atoms with Crippen LogP contribution in [0.25, 0.3) is 0 Å². The third kappa shape index (κ3) is 2.90. The molecule has 0 bridgehead atoms. The van der Waals surface area contributed by atoms with E-state index < -0.39 is 0 Å². The van der Waals surface area contributed by atoms with Crippen LogP contribution >= 0.6 is 11.6 Å². The summed E-state index contributed by atoms with van der Waals surface area (Å²) in [5.74, 6) is 1.78. The van der Waals surface area contributed by atoms with Gasteiger partial charge >= 0.3 is 6.01 Å². The van der Waals surface area contributed by atoms with Crippen LogP contribution in [0, 0.1) is 11.8 Å². The topological polar surface area (TPSA) is 58.6 Å². The molecule has 0 radical (unpaired) electrons. The van der Waals surface area contributed by atoms with Gasteiger partial charge in [0.1, 0.15) is 5.02 Å². The Morgan fingerprint density at radius 1 is 1.38 bits per heavy atom. The molecule has 0 spiro atoms. The van der Waals surface area contributed by atoms with Crippen molar-refractivity contribution in [3.8, 4) is 6.01 Å². The molecular weight excluding hydrogens is 292 g/mol. The number of carbonyl (C=O) groups is 1. The molecule has 1 aromatic rings. The monoisotopic (exact) mass is 310 g/mol. The van der Waals surface area contributed by atoms with Crippen molar-refractivity contribution >= 4 is 23.3 Å². The average molecular weight is 311 g/mol. The summed E-state index contributed by atoms with van der Waals surface area (Å²) < 4.78 is 5.04. The first-order valence-corrected chi connectivity index (χ1v) is 7.58. The largest absolute Gasteiger partial charge is 0.467 e. The molecule has 1 amide bonds.